The molecule has 0 fully saturated rings. The molecule has 9 nitrogen and oxygen atoms in total. The molecule has 0 atom stereocenters. The van der Waals surface area contributed by atoms with E-state index in [0.717, 1.165) is 0 Å². The third-order valence-corrected chi connectivity index (χ3v) is 2.74. The summed E-state index contributed by atoms with van der Waals surface area (Å²) in [5, 5.41) is 2.74. The van der Waals surface area contributed by atoms with Crippen LogP contribution in [0.4, 0.5) is 5.82 Å². The molecule has 0 radical (unpaired) electrons. The van der Waals surface area contributed by atoms with Crippen molar-refractivity contribution < 1.29 is 28.6 Å². The van der Waals surface area contributed by atoms with Crippen LogP contribution in [-0.2, 0) is 35.3 Å². The van der Waals surface area contributed by atoms with Gasteiger partial charge in [0, 0.05) is 13.1 Å². The maximum atomic E-state index is 11.8. The summed E-state index contributed by atoms with van der Waals surface area (Å²) in [6.45, 7) is 6.57. The van der Waals surface area contributed by atoms with Gasteiger partial charge < -0.3 is 19.5 Å². The van der Waals surface area contributed by atoms with Gasteiger partial charge >= 0.3 is 17.9 Å². The van der Waals surface area contributed by atoms with Crippen LogP contribution in [0.2, 0.25) is 0 Å². The highest BCUT2D eigenvalue weighted by Crippen LogP contribution is 2.10. The van der Waals surface area contributed by atoms with Crippen molar-refractivity contribution in [3.05, 3.63) is 23.8 Å². The van der Waals surface area contributed by atoms with E-state index in [1.54, 1.807) is 31.5 Å². The third kappa shape index (κ3) is 5.75. The Kier molecular flexibility index (Phi) is 7.47. The van der Waals surface area contributed by atoms with Crippen LogP contribution in [0.3, 0.4) is 0 Å². The first-order chi connectivity index (χ1) is 11.4. The molecular formula is C15H21N3O6. The van der Waals surface area contributed by atoms with Gasteiger partial charge in [0.1, 0.15) is 11.6 Å². The van der Waals surface area contributed by atoms with Crippen molar-refractivity contribution in [2.24, 2.45) is 0 Å². The molecule has 0 saturated heterocycles. The molecule has 0 unspecified atom stereocenters. The lowest BCUT2D eigenvalue weighted by atomic mass is 10.3. The van der Waals surface area contributed by atoms with Crippen LogP contribution in [0.5, 0.6) is 0 Å². The van der Waals surface area contributed by atoms with Gasteiger partial charge in [0.2, 0.25) is 0 Å². The fourth-order valence-electron chi connectivity index (χ4n) is 1.63. The molecule has 1 heterocycles. The first kappa shape index (κ1) is 19.2. The average molecular weight is 339 g/mol. The van der Waals surface area contributed by atoms with Gasteiger partial charge in [-0.3, -0.25) is 9.36 Å². The van der Waals surface area contributed by atoms with Crippen LogP contribution < -0.4 is 5.32 Å². The second-order valence-corrected chi connectivity index (χ2v) is 4.55. The maximum Gasteiger partial charge on any atom is 0.347 e. The summed E-state index contributed by atoms with van der Waals surface area (Å²) in [4.78, 5) is 38.7. The van der Waals surface area contributed by atoms with Crippen LogP contribution in [0, 0.1) is 6.92 Å². The number of anilines is 1. The van der Waals surface area contributed by atoms with E-state index in [2.05, 4.69) is 10.3 Å². The summed E-state index contributed by atoms with van der Waals surface area (Å²) in [5.41, 5.74) is -0.272. The zero-order valence-corrected chi connectivity index (χ0v) is 14.1. The number of rotatable bonds is 8. The van der Waals surface area contributed by atoms with Crippen molar-refractivity contribution in [3.8, 4) is 0 Å². The molecule has 0 saturated carbocycles. The number of carbonyl (C=O) groups excluding carboxylic acids is 3. The molecule has 1 rings (SSSR count). The number of nitrogens with one attached hydrogen (secondary N) is 1. The van der Waals surface area contributed by atoms with Crippen molar-refractivity contribution in [2.75, 3.05) is 18.5 Å². The Labute approximate surface area is 139 Å². The number of carbonyl (C=O) groups is 3. The minimum atomic E-state index is -0.792. The second kappa shape index (κ2) is 9.33. The highest BCUT2D eigenvalue weighted by Gasteiger charge is 2.21. The van der Waals surface area contributed by atoms with Crippen molar-refractivity contribution in [1.29, 1.82) is 0 Å². The Morgan fingerprint density at radius 3 is 2.25 bits per heavy atom. The molecule has 0 bridgehead atoms. The molecule has 0 aliphatic rings. The summed E-state index contributed by atoms with van der Waals surface area (Å²) < 4.78 is 16.1. The Morgan fingerprint density at radius 2 is 1.75 bits per heavy atom. The highest BCUT2D eigenvalue weighted by molar-refractivity contribution is 6.14. The van der Waals surface area contributed by atoms with E-state index in [-0.39, 0.29) is 25.5 Å². The van der Waals surface area contributed by atoms with Gasteiger partial charge in [-0.2, -0.15) is 0 Å². The first-order valence-corrected chi connectivity index (χ1v) is 7.37. The zero-order chi connectivity index (χ0) is 18.1. The highest BCUT2D eigenvalue weighted by atomic mass is 16.6. The average Bonchev–Trinajstić information content (AvgIpc) is 2.86. The number of hydrogen-bond acceptors (Lipinski definition) is 8. The van der Waals surface area contributed by atoms with Gasteiger partial charge in [0.15, 0.2) is 12.3 Å². The van der Waals surface area contributed by atoms with Gasteiger partial charge in [0.25, 0.3) is 0 Å². The quantitative estimate of drug-likeness (QED) is 0.247. The summed E-state index contributed by atoms with van der Waals surface area (Å²) >= 11 is 0. The second-order valence-electron chi connectivity index (χ2n) is 4.55. The number of aryl methyl sites for hydroxylation is 1. The van der Waals surface area contributed by atoms with Gasteiger partial charge in [-0.1, -0.05) is 0 Å². The minimum Gasteiger partial charge on any atom is -0.462 e. The van der Waals surface area contributed by atoms with Gasteiger partial charge in [-0.15, -0.1) is 0 Å². The Morgan fingerprint density at radius 1 is 1.17 bits per heavy atom. The van der Waals surface area contributed by atoms with Gasteiger partial charge in [0.05, 0.1) is 19.4 Å². The van der Waals surface area contributed by atoms with Crippen LogP contribution in [0.1, 0.15) is 26.6 Å². The molecule has 1 aromatic rings. The predicted molar refractivity (Wildman–Crippen MR) is 83.7 cm³/mol. The Hall–Kier alpha value is -2.84. The number of ether oxygens (including phenoxy) is 3. The molecule has 0 amide bonds. The van der Waals surface area contributed by atoms with E-state index in [1.165, 1.54) is 13.1 Å². The predicted octanol–water partition coefficient (Wildman–Crippen LogP) is 1.13. The van der Waals surface area contributed by atoms with Gasteiger partial charge in [-0.05, 0) is 20.8 Å². The molecule has 0 aliphatic heterocycles. The lowest BCUT2D eigenvalue weighted by Gasteiger charge is -2.06. The van der Waals surface area contributed by atoms with Crippen LogP contribution >= 0.6 is 0 Å². The first-order valence-electron chi connectivity index (χ1n) is 7.37. The zero-order valence-electron chi connectivity index (χ0n) is 14.1. The monoisotopic (exact) mass is 339 g/mol. The smallest absolute Gasteiger partial charge is 0.347 e. The van der Waals surface area contributed by atoms with Crippen molar-refractivity contribution in [1.82, 2.24) is 9.55 Å². The molecule has 1 N–H and O–H groups in total. The summed E-state index contributed by atoms with van der Waals surface area (Å²) in [7, 11) is 0. The van der Waals surface area contributed by atoms with E-state index < -0.39 is 17.9 Å². The van der Waals surface area contributed by atoms with Crippen LogP contribution in [0.25, 0.3) is 0 Å². The largest absolute Gasteiger partial charge is 0.462 e. The summed E-state index contributed by atoms with van der Waals surface area (Å²) in [5.74, 6) is -1.05. The van der Waals surface area contributed by atoms with Crippen LogP contribution in [0.15, 0.2) is 18.0 Å². The summed E-state index contributed by atoms with van der Waals surface area (Å²) in [6.07, 6.45) is 2.75. The lowest BCUT2D eigenvalue weighted by Crippen LogP contribution is -2.19. The standard InChI is InChI=1S/C15H21N3O6/c1-5-22-14(20)12(15(21)23-6-2)7-16-13-8-18(10(3)17-13)9-24-11(4)19/h7-8,16H,5-6,9H2,1-4H3. The van der Waals surface area contributed by atoms with E-state index in [1.807, 2.05) is 0 Å². The number of esters is 3. The molecule has 1 aromatic heterocycles. The molecule has 24 heavy (non-hydrogen) atoms. The Balaban J connectivity index is 2.88. The Bertz CT molecular complexity index is 615. The fraction of sp³-hybridized carbons (Fsp3) is 0.467. The lowest BCUT2D eigenvalue weighted by molar-refractivity contribution is -0.147. The summed E-state index contributed by atoms with van der Waals surface area (Å²) in [6, 6.07) is 0. The molecule has 0 aromatic carbocycles. The third-order valence-electron chi connectivity index (χ3n) is 2.74. The van der Waals surface area contributed by atoms with Crippen molar-refractivity contribution in [3.63, 3.8) is 0 Å². The molecule has 132 valence electrons. The molecule has 0 spiro atoms. The maximum absolute atomic E-state index is 11.8. The molecule has 0 aliphatic carbocycles. The number of nitrogens with zero attached hydrogens (tertiary/aromatic N) is 2. The normalized spacial score (nSPS) is 9.83. The number of imidazole rings is 1. The fourth-order valence-corrected chi connectivity index (χ4v) is 1.63. The topological polar surface area (TPSA) is 109 Å². The number of aromatic nitrogens is 2. The SMILES string of the molecule is CCOC(=O)C(=CNc1cn(COC(C)=O)c(C)n1)C(=O)OCC. The van der Waals surface area contributed by atoms with Crippen LogP contribution in [-0.4, -0.2) is 40.7 Å². The van der Waals surface area contributed by atoms with E-state index in [0.29, 0.717) is 11.6 Å². The van der Waals surface area contributed by atoms with E-state index in [9.17, 15) is 14.4 Å². The van der Waals surface area contributed by atoms with Crippen molar-refractivity contribution in [2.45, 2.75) is 34.4 Å². The minimum absolute atomic E-state index is 0.0160. The van der Waals surface area contributed by atoms with E-state index >= 15 is 0 Å². The van der Waals surface area contributed by atoms with Gasteiger partial charge in [-0.25, -0.2) is 14.6 Å². The molecule has 9 heteroatoms. The molecular weight excluding hydrogens is 318 g/mol. The van der Waals surface area contributed by atoms with E-state index in [4.69, 9.17) is 14.2 Å². The van der Waals surface area contributed by atoms with Crippen molar-refractivity contribution >= 4 is 23.7 Å². The number of hydrogen-bond donors (Lipinski definition) is 1.